The summed E-state index contributed by atoms with van der Waals surface area (Å²) in [6.07, 6.45) is 12.5. The first-order valence-electron chi connectivity index (χ1n) is 15.8. The molecule has 1 aromatic rings. The zero-order valence-electron chi connectivity index (χ0n) is 25.9. The lowest BCUT2D eigenvalue weighted by molar-refractivity contribution is -0.153. The fourth-order valence-electron chi connectivity index (χ4n) is 8.14. The molecule has 2 N–H and O–H groups in total. The number of carbonyl (C=O) groups is 5. The third kappa shape index (κ3) is 6.15. The lowest BCUT2D eigenvalue weighted by Crippen LogP contribution is -2.33. The quantitative estimate of drug-likeness (QED) is 0.143. The number of nitrogens with zero attached hydrogens (tertiary/aromatic N) is 1. The summed E-state index contributed by atoms with van der Waals surface area (Å²) in [6, 6.07) is 8.79. The molecule has 11 unspecified atom stereocenters. The highest BCUT2D eigenvalue weighted by Gasteiger charge is 2.58. The minimum atomic E-state index is -1.19. The molecule has 4 aliphatic rings. The van der Waals surface area contributed by atoms with Crippen molar-refractivity contribution in [3.05, 3.63) is 92.1 Å². The van der Waals surface area contributed by atoms with E-state index in [0.29, 0.717) is 36.9 Å². The number of ether oxygens (including phenoxy) is 1. The monoisotopic (exact) mass is 627 g/mol. The number of hydrogen-bond acceptors (Lipinski definition) is 6. The maximum atomic E-state index is 13.6. The summed E-state index contributed by atoms with van der Waals surface area (Å²) in [5.41, 5.74) is 0.821. The predicted molar refractivity (Wildman–Crippen MR) is 171 cm³/mol. The van der Waals surface area contributed by atoms with Gasteiger partial charge in [-0.1, -0.05) is 61.2 Å². The minimum absolute atomic E-state index is 0.00275. The molecule has 1 heterocycles. The lowest BCUT2D eigenvalue weighted by Gasteiger charge is -2.20. The Morgan fingerprint density at radius 2 is 1.28 bits per heavy atom. The molecule has 1 aliphatic heterocycles. The summed E-state index contributed by atoms with van der Waals surface area (Å²) in [5, 5.41) is 20.3. The zero-order valence-corrected chi connectivity index (χ0v) is 25.9. The molecule has 46 heavy (non-hydrogen) atoms. The number of para-hydroxylation sites is 1. The van der Waals surface area contributed by atoms with E-state index in [9.17, 15) is 34.2 Å². The van der Waals surface area contributed by atoms with Crippen LogP contribution < -0.4 is 4.90 Å². The highest BCUT2D eigenvalue weighted by molar-refractivity contribution is 6.22. The molecule has 1 saturated heterocycles. The first kappa shape index (κ1) is 32.9. The number of esters is 1. The van der Waals surface area contributed by atoms with Crippen molar-refractivity contribution < 1.29 is 38.9 Å². The van der Waals surface area contributed by atoms with E-state index in [4.69, 9.17) is 4.74 Å². The van der Waals surface area contributed by atoms with Crippen LogP contribution in [0.5, 0.6) is 0 Å². The first-order chi connectivity index (χ1) is 22.0. The van der Waals surface area contributed by atoms with Crippen LogP contribution in [0.25, 0.3) is 0 Å². The molecule has 3 aliphatic carbocycles. The van der Waals surface area contributed by atoms with Gasteiger partial charge in [0.25, 0.3) is 0 Å². The Labute approximate surface area is 269 Å². The van der Waals surface area contributed by atoms with Crippen LogP contribution in [0.15, 0.2) is 92.1 Å². The van der Waals surface area contributed by atoms with Gasteiger partial charge in [0.15, 0.2) is 0 Å². The van der Waals surface area contributed by atoms with Crippen molar-refractivity contribution in [1.29, 1.82) is 0 Å². The number of carboxylic acid groups (broad SMARTS) is 2. The van der Waals surface area contributed by atoms with E-state index in [0.717, 1.165) is 0 Å². The van der Waals surface area contributed by atoms with Gasteiger partial charge in [0, 0.05) is 11.5 Å². The SMILES string of the molecule is C=CC1CC(/C=C/C2CC(/C=C/C3CC(C=C)C4C(=O)N(c5ccccc5)C(=O)C34)C(C(=O)O)C2C(=O)O)CC1OC(=O)C(=C)C. The van der Waals surface area contributed by atoms with Gasteiger partial charge in [-0.2, -0.15) is 0 Å². The molecule has 5 rings (SSSR count). The van der Waals surface area contributed by atoms with E-state index in [1.807, 2.05) is 24.3 Å². The van der Waals surface area contributed by atoms with Crippen LogP contribution >= 0.6 is 0 Å². The van der Waals surface area contributed by atoms with E-state index in [1.54, 1.807) is 49.4 Å². The van der Waals surface area contributed by atoms with Gasteiger partial charge in [0.05, 0.1) is 29.4 Å². The highest BCUT2D eigenvalue weighted by Crippen LogP contribution is 2.51. The molecule has 1 aromatic carbocycles. The standard InChI is InChI=1S/C37H41NO8/c1-5-22-16-21(17-28(22)46-37(45)20(3)4)12-13-25-19-26(32(36(43)44)31(25)35(41)42)15-14-24-18-23(6-2)29-30(24)34(40)38(33(29)39)27-10-8-7-9-11-27/h5-15,21-26,28-32H,1-3,16-19H2,4H3,(H,41,42)(H,43,44)/b13-12+,15-14+. The van der Waals surface area contributed by atoms with Crippen LogP contribution in [0.1, 0.15) is 32.6 Å². The van der Waals surface area contributed by atoms with Gasteiger partial charge in [-0.15, -0.1) is 13.2 Å². The second-order valence-electron chi connectivity index (χ2n) is 13.1. The third-order valence-electron chi connectivity index (χ3n) is 10.3. The van der Waals surface area contributed by atoms with Gasteiger partial charge in [-0.25, -0.2) is 4.79 Å². The third-order valence-corrected chi connectivity index (χ3v) is 10.3. The molecule has 9 heteroatoms. The molecule has 11 atom stereocenters. The van der Waals surface area contributed by atoms with Crippen molar-refractivity contribution in [2.75, 3.05) is 4.90 Å². The number of carbonyl (C=O) groups excluding carboxylic acids is 3. The number of benzene rings is 1. The van der Waals surface area contributed by atoms with E-state index in [1.165, 1.54) is 4.90 Å². The Morgan fingerprint density at radius 1 is 0.761 bits per heavy atom. The maximum absolute atomic E-state index is 13.6. The van der Waals surface area contributed by atoms with E-state index < -0.39 is 53.4 Å². The van der Waals surface area contributed by atoms with Crippen molar-refractivity contribution in [3.8, 4) is 0 Å². The molecule has 4 fully saturated rings. The Hall–Kier alpha value is -4.53. The summed E-state index contributed by atoms with van der Waals surface area (Å²) in [6.45, 7) is 13.0. The fraction of sp³-hybridized carbons (Fsp3) is 0.432. The summed E-state index contributed by atoms with van der Waals surface area (Å²) in [7, 11) is 0. The molecule has 0 spiro atoms. The van der Waals surface area contributed by atoms with Crippen LogP contribution in [-0.4, -0.2) is 46.0 Å². The molecular formula is C37H41NO8. The summed E-state index contributed by atoms with van der Waals surface area (Å²) < 4.78 is 5.60. The number of amides is 2. The van der Waals surface area contributed by atoms with Gasteiger partial charge in [-0.3, -0.25) is 24.1 Å². The van der Waals surface area contributed by atoms with Crippen LogP contribution in [0.3, 0.4) is 0 Å². The van der Waals surface area contributed by atoms with Gasteiger partial charge >= 0.3 is 17.9 Å². The first-order valence-corrected chi connectivity index (χ1v) is 15.8. The maximum Gasteiger partial charge on any atom is 0.333 e. The van der Waals surface area contributed by atoms with Crippen molar-refractivity contribution in [2.45, 2.75) is 38.7 Å². The lowest BCUT2D eigenvalue weighted by atomic mass is 9.85. The van der Waals surface area contributed by atoms with Crippen LogP contribution in [-0.2, 0) is 28.7 Å². The Balaban J connectivity index is 1.34. The number of fused-ring (bicyclic) bond motifs is 1. The normalized spacial score (nSPS) is 35.5. The number of hydrogen-bond donors (Lipinski definition) is 2. The average Bonchev–Trinajstić information content (AvgIpc) is 3.76. The van der Waals surface area contributed by atoms with E-state index in [2.05, 4.69) is 19.7 Å². The number of imide groups is 1. The minimum Gasteiger partial charge on any atom is -0.481 e. The molecule has 9 nitrogen and oxygen atoms in total. The number of rotatable bonds is 11. The molecule has 0 aromatic heterocycles. The Kier molecular flexibility index (Phi) is 9.60. The number of carboxylic acids is 2. The number of anilines is 1. The smallest absolute Gasteiger partial charge is 0.333 e. The summed E-state index contributed by atoms with van der Waals surface area (Å²) in [4.78, 5) is 65.4. The second-order valence-corrected chi connectivity index (χ2v) is 13.1. The van der Waals surface area contributed by atoms with Crippen LogP contribution in [0, 0.1) is 59.2 Å². The summed E-state index contributed by atoms with van der Waals surface area (Å²) in [5.74, 6) is -8.53. The highest BCUT2D eigenvalue weighted by atomic mass is 16.5. The molecule has 3 saturated carbocycles. The summed E-state index contributed by atoms with van der Waals surface area (Å²) >= 11 is 0. The predicted octanol–water partition coefficient (Wildman–Crippen LogP) is 5.46. The Bertz CT molecular complexity index is 1490. The number of allylic oxidation sites excluding steroid dienone is 5. The van der Waals surface area contributed by atoms with Crippen LogP contribution in [0.2, 0.25) is 0 Å². The van der Waals surface area contributed by atoms with E-state index in [-0.39, 0.29) is 41.6 Å². The van der Waals surface area contributed by atoms with Crippen LogP contribution in [0.4, 0.5) is 5.69 Å². The molecular weight excluding hydrogens is 586 g/mol. The molecule has 0 bridgehead atoms. The molecule has 2 amide bonds. The average molecular weight is 628 g/mol. The van der Waals surface area contributed by atoms with E-state index >= 15 is 0 Å². The van der Waals surface area contributed by atoms with Gasteiger partial charge in [-0.05, 0) is 74.3 Å². The number of aliphatic carboxylic acids is 2. The molecule has 242 valence electrons. The molecule has 0 radical (unpaired) electrons. The van der Waals surface area contributed by atoms with Crippen molar-refractivity contribution >= 4 is 35.4 Å². The Morgan fingerprint density at radius 3 is 1.83 bits per heavy atom. The van der Waals surface area contributed by atoms with Crippen molar-refractivity contribution in [2.24, 2.45) is 59.2 Å². The fourth-order valence-corrected chi connectivity index (χ4v) is 8.14. The van der Waals surface area contributed by atoms with Gasteiger partial charge in [0.1, 0.15) is 6.10 Å². The van der Waals surface area contributed by atoms with Crippen molar-refractivity contribution in [3.63, 3.8) is 0 Å². The second kappa shape index (κ2) is 13.4. The topological polar surface area (TPSA) is 138 Å². The zero-order chi connectivity index (χ0) is 33.3. The van der Waals surface area contributed by atoms with Crippen molar-refractivity contribution in [1.82, 2.24) is 0 Å². The largest absolute Gasteiger partial charge is 0.481 e. The van der Waals surface area contributed by atoms with Gasteiger partial charge in [0.2, 0.25) is 11.8 Å². The van der Waals surface area contributed by atoms with Gasteiger partial charge < -0.3 is 14.9 Å².